The van der Waals surface area contributed by atoms with Crippen LogP contribution in [0.1, 0.15) is 5.82 Å². The van der Waals surface area contributed by atoms with Gasteiger partial charge in [-0.25, -0.2) is 22.5 Å². The van der Waals surface area contributed by atoms with Crippen molar-refractivity contribution < 1.29 is 17.5 Å². The fraction of sp³-hybridized carbons (Fsp3) is 0.176. The van der Waals surface area contributed by atoms with E-state index in [1.54, 1.807) is 7.11 Å². The number of hydrogen-bond acceptors (Lipinski definition) is 5. The van der Waals surface area contributed by atoms with Gasteiger partial charge < -0.3 is 4.74 Å². The Morgan fingerprint density at radius 2 is 1.81 bits per heavy atom. The van der Waals surface area contributed by atoms with Crippen molar-refractivity contribution in [3.8, 4) is 17.1 Å². The third-order valence-corrected chi connectivity index (χ3v) is 5.13. The standard InChI is InChI=1S/C17H17FN4O3S/c1-25-14-6-2-12(3-7-14)17-20-16(21-22-17)10-11-19-26(23,24)15-8-4-13(18)5-9-15/h2-9,19H,10-11H2,1H3,(H,20,21,22). The lowest BCUT2D eigenvalue weighted by Gasteiger charge is -2.05. The summed E-state index contributed by atoms with van der Waals surface area (Å²) in [5.74, 6) is 1.32. The Bertz CT molecular complexity index is 970. The molecule has 0 spiro atoms. The monoisotopic (exact) mass is 376 g/mol. The normalized spacial score (nSPS) is 11.5. The number of halogens is 1. The number of benzene rings is 2. The number of nitrogens with one attached hydrogen (secondary N) is 2. The van der Waals surface area contributed by atoms with Gasteiger partial charge in [-0.15, -0.1) is 0 Å². The van der Waals surface area contributed by atoms with Crippen LogP contribution in [0.15, 0.2) is 53.4 Å². The number of hydrogen-bond donors (Lipinski definition) is 2. The Labute approximate surface area is 150 Å². The topological polar surface area (TPSA) is 97.0 Å². The molecule has 2 N–H and O–H groups in total. The molecule has 0 aliphatic heterocycles. The molecule has 0 fully saturated rings. The van der Waals surface area contributed by atoms with E-state index in [-0.39, 0.29) is 11.4 Å². The predicted molar refractivity (Wildman–Crippen MR) is 93.7 cm³/mol. The summed E-state index contributed by atoms with van der Waals surface area (Å²) < 4.78 is 44.7. The lowest BCUT2D eigenvalue weighted by Crippen LogP contribution is -2.26. The molecule has 0 saturated heterocycles. The van der Waals surface area contributed by atoms with Gasteiger partial charge >= 0.3 is 0 Å². The molecular weight excluding hydrogens is 359 g/mol. The van der Waals surface area contributed by atoms with Crippen LogP contribution in [-0.2, 0) is 16.4 Å². The molecule has 0 unspecified atom stereocenters. The molecule has 9 heteroatoms. The Balaban J connectivity index is 1.60. The molecule has 1 aromatic heterocycles. The zero-order valence-electron chi connectivity index (χ0n) is 13.9. The molecule has 0 atom stereocenters. The Kier molecular flexibility index (Phi) is 5.29. The number of methoxy groups -OCH3 is 1. The van der Waals surface area contributed by atoms with Gasteiger partial charge in [0.1, 0.15) is 17.4 Å². The van der Waals surface area contributed by atoms with Crippen molar-refractivity contribution in [1.29, 1.82) is 0 Å². The summed E-state index contributed by atoms with van der Waals surface area (Å²) in [4.78, 5) is 4.36. The van der Waals surface area contributed by atoms with E-state index in [0.717, 1.165) is 23.4 Å². The lowest BCUT2D eigenvalue weighted by molar-refractivity contribution is 0.415. The van der Waals surface area contributed by atoms with E-state index in [1.165, 1.54) is 12.1 Å². The van der Waals surface area contributed by atoms with Crippen molar-refractivity contribution in [3.05, 3.63) is 60.2 Å². The maximum Gasteiger partial charge on any atom is 0.240 e. The number of nitrogens with zero attached hydrogens (tertiary/aromatic N) is 2. The third kappa shape index (κ3) is 4.24. The fourth-order valence-electron chi connectivity index (χ4n) is 2.28. The van der Waals surface area contributed by atoms with Crippen LogP contribution in [0, 0.1) is 5.82 Å². The minimum Gasteiger partial charge on any atom is -0.497 e. The average Bonchev–Trinajstić information content (AvgIpc) is 3.11. The number of aromatic amines is 1. The van der Waals surface area contributed by atoms with Crippen molar-refractivity contribution in [3.63, 3.8) is 0 Å². The van der Waals surface area contributed by atoms with E-state index in [9.17, 15) is 12.8 Å². The smallest absolute Gasteiger partial charge is 0.240 e. The maximum absolute atomic E-state index is 12.9. The van der Waals surface area contributed by atoms with Gasteiger partial charge in [-0.1, -0.05) is 0 Å². The molecule has 0 amide bonds. The van der Waals surface area contributed by atoms with Gasteiger partial charge in [0.05, 0.1) is 12.0 Å². The van der Waals surface area contributed by atoms with Crippen molar-refractivity contribution in [2.24, 2.45) is 0 Å². The Morgan fingerprint density at radius 3 is 2.46 bits per heavy atom. The fourth-order valence-corrected chi connectivity index (χ4v) is 3.31. The highest BCUT2D eigenvalue weighted by atomic mass is 32.2. The van der Waals surface area contributed by atoms with Crippen molar-refractivity contribution in [2.75, 3.05) is 13.7 Å². The number of H-pyrrole nitrogens is 1. The number of aromatic nitrogens is 3. The van der Waals surface area contributed by atoms with Gasteiger partial charge in [0.2, 0.25) is 10.0 Å². The summed E-state index contributed by atoms with van der Waals surface area (Å²) in [5, 5.41) is 6.92. The average molecular weight is 376 g/mol. The molecule has 1 heterocycles. The molecule has 7 nitrogen and oxygen atoms in total. The number of sulfonamides is 1. The highest BCUT2D eigenvalue weighted by molar-refractivity contribution is 7.89. The van der Waals surface area contributed by atoms with Gasteiger partial charge in [0.25, 0.3) is 0 Å². The molecule has 0 radical (unpaired) electrons. The van der Waals surface area contributed by atoms with Crippen LogP contribution < -0.4 is 9.46 Å². The second kappa shape index (κ2) is 7.63. The number of rotatable bonds is 7. The molecule has 3 aromatic rings. The van der Waals surface area contributed by atoms with Crippen molar-refractivity contribution >= 4 is 10.0 Å². The quantitative estimate of drug-likeness (QED) is 0.658. The Morgan fingerprint density at radius 1 is 1.12 bits per heavy atom. The molecule has 136 valence electrons. The van der Waals surface area contributed by atoms with Gasteiger partial charge in [-0.2, -0.15) is 5.10 Å². The predicted octanol–water partition coefficient (Wildman–Crippen LogP) is 2.14. The highest BCUT2D eigenvalue weighted by Crippen LogP contribution is 2.19. The van der Waals surface area contributed by atoms with Crippen LogP contribution in [0.2, 0.25) is 0 Å². The molecule has 0 aliphatic rings. The van der Waals surface area contributed by atoms with E-state index in [0.29, 0.717) is 18.1 Å². The van der Waals surface area contributed by atoms with Gasteiger partial charge in [0, 0.05) is 18.5 Å². The molecule has 2 aromatic carbocycles. The maximum atomic E-state index is 12.9. The third-order valence-electron chi connectivity index (χ3n) is 3.66. The van der Waals surface area contributed by atoms with Gasteiger partial charge in [0.15, 0.2) is 5.82 Å². The number of ether oxygens (including phenoxy) is 1. The highest BCUT2D eigenvalue weighted by Gasteiger charge is 2.14. The largest absolute Gasteiger partial charge is 0.497 e. The summed E-state index contributed by atoms with van der Waals surface area (Å²) in [6.07, 6.45) is 0.337. The summed E-state index contributed by atoms with van der Waals surface area (Å²) in [7, 11) is -2.10. The van der Waals surface area contributed by atoms with E-state index < -0.39 is 15.8 Å². The SMILES string of the molecule is COc1ccc(-c2n[nH]c(CCNS(=O)(=O)c3ccc(F)cc3)n2)cc1. The second-order valence-electron chi connectivity index (χ2n) is 5.44. The Hall–Kier alpha value is -2.78. The van der Waals surface area contributed by atoms with Crippen molar-refractivity contribution in [1.82, 2.24) is 19.9 Å². The summed E-state index contributed by atoms with van der Waals surface area (Å²) in [6, 6.07) is 11.9. The molecule has 26 heavy (non-hydrogen) atoms. The molecule has 0 aliphatic carbocycles. The minimum atomic E-state index is -3.69. The van der Waals surface area contributed by atoms with Crippen LogP contribution in [0.4, 0.5) is 4.39 Å². The first kappa shape index (κ1) is 18.0. The van der Waals surface area contributed by atoms with Crippen LogP contribution in [0.25, 0.3) is 11.4 Å². The first-order valence-corrected chi connectivity index (χ1v) is 9.27. The second-order valence-corrected chi connectivity index (χ2v) is 7.20. The summed E-state index contributed by atoms with van der Waals surface area (Å²) in [5.41, 5.74) is 0.820. The summed E-state index contributed by atoms with van der Waals surface area (Å²) in [6.45, 7) is 0.136. The van der Waals surface area contributed by atoms with E-state index in [2.05, 4.69) is 19.9 Å². The molecule has 0 saturated carbocycles. The zero-order chi connectivity index (χ0) is 18.6. The molecule has 3 rings (SSSR count). The molecular formula is C17H17FN4O3S. The van der Waals surface area contributed by atoms with Crippen molar-refractivity contribution in [2.45, 2.75) is 11.3 Å². The van der Waals surface area contributed by atoms with Crippen LogP contribution in [-0.4, -0.2) is 37.3 Å². The van der Waals surface area contributed by atoms with Gasteiger partial charge in [-0.3, -0.25) is 5.10 Å². The van der Waals surface area contributed by atoms with E-state index in [1.807, 2.05) is 24.3 Å². The van der Waals surface area contributed by atoms with Crippen LogP contribution >= 0.6 is 0 Å². The van der Waals surface area contributed by atoms with Crippen LogP contribution in [0.5, 0.6) is 5.75 Å². The van der Waals surface area contributed by atoms with Crippen LogP contribution in [0.3, 0.4) is 0 Å². The van der Waals surface area contributed by atoms with Gasteiger partial charge in [-0.05, 0) is 48.5 Å². The molecule has 0 bridgehead atoms. The van der Waals surface area contributed by atoms with E-state index >= 15 is 0 Å². The minimum absolute atomic E-state index is 0.00962. The zero-order valence-corrected chi connectivity index (χ0v) is 14.8. The first-order chi connectivity index (χ1) is 12.5. The lowest BCUT2D eigenvalue weighted by atomic mass is 10.2. The first-order valence-electron chi connectivity index (χ1n) is 7.79. The summed E-state index contributed by atoms with van der Waals surface area (Å²) >= 11 is 0. The van der Waals surface area contributed by atoms with E-state index in [4.69, 9.17) is 4.74 Å².